The number of hydrogen-bond donors (Lipinski definition) is 0. The first-order valence-corrected chi connectivity index (χ1v) is 4.88. The summed E-state index contributed by atoms with van der Waals surface area (Å²) >= 11 is 0. The van der Waals surface area contributed by atoms with E-state index in [1.165, 1.54) is 5.56 Å². The van der Waals surface area contributed by atoms with Crippen molar-refractivity contribution in [1.82, 2.24) is 0 Å². The van der Waals surface area contributed by atoms with Crippen LogP contribution in [0, 0.1) is 0 Å². The van der Waals surface area contributed by atoms with Gasteiger partial charge in [-0.3, -0.25) is 9.79 Å². The smallest absolute Gasteiger partial charge is 0.159 e. The molecule has 1 aromatic carbocycles. The van der Waals surface area contributed by atoms with E-state index >= 15 is 0 Å². The molecule has 2 heteroatoms. The van der Waals surface area contributed by atoms with Crippen molar-refractivity contribution in [2.75, 3.05) is 0 Å². The molecule has 0 N–H and O–H groups in total. The van der Waals surface area contributed by atoms with Crippen molar-refractivity contribution in [1.29, 1.82) is 0 Å². The zero-order valence-corrected chi connectivity index (χ0v) is 8.23. The number of Topliss-reactive ketones (excluding diaryl/α,β-unsaturated/α-hetero) is 1. The highest BCUT2D eigenvalue weighted by Crippen LogP contribution is 2.18. The van der Waals surface area contributed by atoms with E-state index < -0.39 is 0 Å². The van der Waals surface area contributed by atoms with Gasteiger partial charge >= 0.3 is 0 Å². The fraction of sp³-hybridized carbons (Fsp3) is 0.333. The van der Waals surface area contributed by atoms with Crippen molar-refractivity contribution in [2.24, 2.45) is 4.99 Å². The van der Waals surface area contributed by atoms with Gasteiger partial charge in [-0.2, -0.15) is 0 Å². The van der Waals surface area contributed by atoms with Crippen LogP contribution in [0.3, 0.4) is 0 Å². The molecular formula is C12H13NO. The summed E-state index contributed by atoms with van der Waals surface area (Å²) in [5.74, 6) is 0.174. The zero-order valence-electron chi connectivity index (χ0n) is 8.23. The molecule has 0 saturated heterocycles. The molecule has 1 unspecified atom stereocenters. The molecule has 1 aromatic rings. The minimum absolute atomic E-state index is 0.0706. The Labute approximate surface area is 83.7 Å². The van der Waals surface area contributed by atoms with E-state index in [1.54, 1.807) is 6.92 Å². The fourth-order valence-corrected chi connectivity index (χ4v) is 1.57. The molecule has 0 amide bonds. The quantitative estimate of drug-likeness (QED) is 0.709. The summed E-state index contributed by atoms with van der Waals surface area (Å²) in [5, 5.41) is 0. The molecule has 0 aromatic heterocycles. The predicted octanol–water partition coefficient (Wildman–Crippen LogP) is 2.03. The third-order valence-corrected chi connectivity index (χ3v) is 2.44. The average Bonchev–Trinajstić information content (AvgIpc) is 2.96. The van der Waals surface area contributed by atoms with Gasteiger partial charge in [-0.05, 0) is 25.3 Å². The van der Waals surface area contributed by atoms with Crippen molar-refractivity contribution in [3.8, 4) is 0 Å². The highest BCUT2D eigenvalue weighted by atomic mass is 16.1. The number of hydrogen-bond acceptors (Lipinski definition) is 2. The Morgan fingerprint density at radius 1 is 1.29 bits per heavy atom. The molecule has 0 bridgehead atoms. The van der Waals surface area contributed by atoms with Gasteiger partial charge in [0.2, 0.25) is 0 Å². The molecule has 1 aliphatic heterocycles. The maximum Gasteiger partial charge on any atom is 0.159 e. The Kier molecular flexibility index (Phi) is 2.44. The van der Waals surface area contributed by atoms with Crippen LogP contribution in [0.25, 0.3) is 0 Å². The minimum Gasteiger partial charge on any atom is -0.297 e. The van der Waals surface area contributed by atoms with Crippen LogP contribution in [0.2, 0.25) is 0 Å². The van der Waals surface area contributed by atoms with Crippen LogP contribution in [0.15, 0.2) is 35.3 Å². The molecule has 2 rings (SSSR count). The van der Waals surface area contributed by atoms with Crippen LogP contribution in [-0.2, 0) is 11.2 Å². The summed E-state index contributed by atoms with van der Waals surface area (Å²) in [7, 11) is 0. The molecule has 72 valence electrons. The molecule has 0 fully saturated rings. The van der Waals surface area contributed by atoms with Crippen LogP contribution >= 0.6 is 0 Å². The van der Waals surface area contributed by atoms with E-state index in [9.17, 15) is 4.79 Å². The maximum absolute atomic E-state index is 10.9. The Morgan fingerprint density at radius 2 is 2.00 bits per heavy atom. The lowest BCUT2D eigenvalue weighted by atomic mass is 10.1. The monoisotopic (exact) mass is 187 g/mol. The summed E-state index contributed by atoms with van der Waals surface area (Å²) in [5.41, 5.74) is 2.38. The van der Waals surface area contributed by atoms with Gasteiger partial charge in [0.1, 0.15) is 6.04 Å². The van der Waals surface area contributed by atoms with Gasteiger partial charge in [0.15, 0.2) is 5.78 Å². The average molecular weight is 187 g/mol. The normalized spacial score (nSPS) is 18.9. The van der Waals surface area contributed by atoms with Crippen molar-refractivity contribution in [2.45, 2.75) is 25.8 Å². The van der Waals surface area contributed by atoms with E-state index in [0.29, 0.717) is 0 Å². The van der Waals surface area contributed by atoms with E-state index in [4.69, 9.17) is 0 Å². The first-order chi connectivity index (χ1) is 6.77. The number of nitrogens with zero attached hydrogens (tertiary/aromatic N) is 1. The number of carbonyl (C=O) groups is 1. The van der Waals surface area contributed by atoms with Crippen LogP contribution < -0.4 is 0 Å². The lowest BCUT2D eigenvalue weighted by molar-refractivity contribution is -0.116. The van der Waals surface area contributed by atoms with Crippen LogP contribution in [-0.4, -0.2) is 17.5 Å². The summed E-state index contributed by atoms with van der Waals surface area (Å²) in [4.78, 5) is 15.0. The molecule has 0 saturated carbocycles. The Balaban J connectivity index is 1.80. The van der Waals surface area contributed by atoms with Crippen LogP contribution in [0.1, 0.15) is 18.9 Å². The Bertz CT molecular complexity index is 367. The Hall–Kier alpha value is -1.44. The number of benzene rings is 1. The van der Waals surface area contributed by atoms with Gasteiger partial charge in [-0.25, -0.2) is 0 Å². The first kappa shape index (κ1) is 9.13. The number of rotatable bonds is 4. The van der Waals surface area contributed by atoms with Crippen molar-refractivity contribution in [3.63, 3.8) is 0 Å². The fourth-order valence-electron chi connectivity index (χ4n) is 1.57. The van der Waals surface area contributed by atoms with Crippen LogP contribution in [0.5, 0.6) is 0 Å². The number of aliphatic imine (C=N–C) groups is 1. The molecule has 2 nitrogen and oxygen atoms in total. The molecule has 0 spiro atoms. The SMILES string of the molecule is CC(=O)C1N=C1CCc1ccccc1. The van der Waals surface area contributed by atoms with Crippen molar-refractivity contribution >= 4 is 11.5 Å². The minimum atomic E-state index is -0.0706. The second-order valence-electron chi connectivity index (χ2n) is 3.62. The number of carbonyl (C=O) groups excluding carboxylic acids is 1. The topological polar surface area (TPSA) is 29.4 Å². The summed E-state index contributed by atoms with van der Waals surface area (Å²) in [6.07, 6.45) is 1.91. The largest absolute Gasteiger partial charge is 0.297 e. The molecule has 1 atom stereocenters. The van der Waals surface area contributed by atoms with Crippen LogP contribution in [0.4, 0.5) is 0 Å². The Morgan fingerprint density at radius 3 is 2.57 bits per heavy atom. The molecule has 1 heterocycles. The molecule has 0 radical (unpaired) electrons. The summed E-state index contributed by atoms with van der Waals surface area (Å²) in [6, 6.07) is 10.2. The molecule has 14 heavy (non-hydrogen) atoms. The van der Waals surface area contributed by atoms with Crippen molar-refractivity contribution < 1.29 is 4.79 Å². The summed E-state index contributed by atoms with van der Waals surface area (Å²) in [6.45, 7) is 1.60. The van der Waals surface area contributed by atoms with Gasteiger partial charge in [0, 0.05) is 5.71 Å². The first-order valence-electron chi connectivity index (χ1n) is 4.88. The number of aryl methyl sites for hydroxylation is 1. The van der Waals surface area contributed by atoms with Gasteiger partial charge in [0.05, 0.1) is 0 Å². The zero-order chi connectivity index (χ0) is 9.97. The van der Waals surface area contributed by atoms with Gasteiger partial charge in [-0.15, -0.1) is 0 Å². The van der Waals surface area contributed by atoms with Gasteiger partial charge < -0.3 is 0 Å². The third-order valence-electron chi connectivity index (χ3n) is 2.44. The van der Waals surface area contributed by atoms with Gasteiger partial charge in [0.25, 0.3) is 0 Å². The van der Waals surface area contributed by atoms with Crippen molar-refractivity contribution in [3.05, 3.63) is 35.9 Å². The van der Waals surface area contributed by atoms with E-state index in [-0.39, 0.29) is 11.8 Å². The second-order valence-corrected chi connectivity index (χ2v) is 3.62. The van der Waals surface area contributed by atoms with E-state index in [0.717, 1.165) is 18.6 Å². The predicted molar refractivity (Wildman–Crippen MR) is 56.7 cm³/mol. The lowest BCUT2D eigenvalue weighted by Gasteiger charge is -1.96. The number of ketones is 1. The highest BCUT2D eigenvalue weighted by molar-refractivity contribution is 6.17. The maximum atomic E-state index is 10.9. The lowest BCUT2D eigenvalue weighted by Crippen LogP contribution is -2.08. The van der Waals surface area contributed by atoms with Gasteiger partial charge in [-0.1, -0.05) is 30.3 Å². The standard InChI is InChI=1S/C12H13NO/c1-9(14)12-11(13-12)8-7-10-5-3-2-4-6-10/h2-6,12H,7-8H2,1H3. The summed E-state index contributed by atoms with van der Waals surface area (Å²) < 4.78 is 0. The van der Waals surface area contributed by atoms with E-state index in [1.807, 2.05) is 18.2 Å². The molecular weight excluding hydrogens is 174 g/mol. The third kappa shape index (κ3) is 2.08. The second kappa shape index (κ2) is 3.74. The van der Waals surface area contributed by atoms with E-state index in [2.05, 4.69) is 17.1 Å². The molecule has 1 aliphatic rings. The highest BCUT2D eigenvalue weighted by Gasteiger charge is 2.30. The molecule has 0 aliphatic carbocycles.